The van der Waals surface area contributed by atoms with Gasteiger partial charge in [-0.1, -0.05) is 118 Å². The van der Waals surface area contributed by atoms with Crippen molar-refractivity contribution in [3.8, 4) is 5.75 Å². The molecule has 0 bridgehead atoms. The fraction of sp³-hybridized carbons (Fsp3) is 0.367. The van der Waals surface area contributed by atoms with Gasteiger partial charge in [-0.25, -0.2) is 0 Å². The average molecular weight is 444 g/mol. The van der Waals surface area contributed by atoms with Crippen LogP contribution in [0.5, 0.6) is 5.75 Å². The summed E-state index contributed by atoms with van der Waals surface area (Å²) in [7, 11) is 0. The molecule has 0 fully saturated rings. The molecular weight excluding hydrogens is 406 g/mol. The SMILES string of the molecule is CCCCCCCCOc1ccccc1CC(=O)NC(Cc1ccccc1)c1ccccc1. The third kappa shape index (κ3) is 8.76. The quantitative estimate of drug-likeness (QED) is 0.271. The van der Waals surface area contributed by atoms with Gasteiger partial charge in [-0.05, 0) is 30.0 Å². The van der Waals surface area contributed by atoms with E-state index < -0.39 is 0 Å². The summed E-state index contributed by atoms with van der Waals surface area (Å²) in [5, 5.41) is 3.26. The monoisotopic (exact) mass is 443 g/mol. The molecule has 0 aliphatic carbocycles. The Kier molecular flexibility index (Phi) is 10.5. The van der Waals surface area contributed by atoms with E-state index in [-0.39, 0.29) is 11.9 Å². The van der Waals surface area contributed by atoms with Crippen molar-refractivity contribution < 1.29 is 9.53 Å². The lowest BCUT2D eigenvalue weighted by Crippen LogP contribution is -2.31. The molecule has 3 rings (SSSR count). The van der Waals surface area contributed by atoms with E-state index >= 15 is 0 Å². The van der Waals surface area contributed by atoms with Crippen molar-refractivity contribution in [3.05, 3.63) is 102 Å². The lowest BCUT2D eigenvalue weighted by Gasteiger charge is -2.20. The van der Waals surface area contributed by atoms with E-state index in [2.05, 4.69) is 36.5 Å². The van der Waals surface area contributed by atoms with Crippen LogP contribution in [0.1, 0.15) is 68.2 Å². The zero-order chi connectivity index (χ0) is 23.1. The Hall–Kier alpha value is -3.07. The third-order valence-electron chi connectivity index (χ3n) is 5.90. The molecule has 1 N–H and O–H groups in total. The predicted octanol–water partition coefficient (Wildman–Crippen LogP) is 7.07. The summed E-state index contributed by atoms with van der Waals surface area (Å²) in [5.41, 5.74) is 3.25. The first-order valence-corrected chi connectivity index (χ1v) is 12.3. The number of amides is 1. The van der Waals surface area contributed by atoms with Crippen molar-refractivity contribution in [2.24, 2.45) is 0 Å². The maximum Gasteiger partial charge on any atom is 0.225 e. The summed E-state index contributed by atoms with van der Waals surface area (Å²) in [6, 6.07) is 28.3. The van der Waals surface area contributed by atoms with Crippen LogP contribution in [0.4, 0.5) is 0 Å². The van der Waals surface area contributed by atoms with Crippen LogP contribution in [-0.2, 0) is 17.6 Å². The highest BCUT2D eigenvalue weighted by atomic mass is 16.5. The Bertz CT molecular complexity index is 940. The molecular formula is C30H37NO2. The highest BCUT2D eigenvalue weighted by molar-refractivity contribution is 5.79. The van der Waals surface area contributed by atoms with Gasteiger partial charge in [-0.15, -0.1) is 0 Å². The smallest absolute Gasteiger partial charge is 0.225 e. The minimum Gasteiger partial charge on any atom is -0.493 e. The number of carbonyl (C=O) groups excluding carboxylic acids is 1. The summed E-state index contributed by atoms with van der Waals surface area (Å²) in [6.07, 6.45) is 8.47. The fourth-order valence-corrected chi connectivity index (χ4v) is 4.06. The number of para-hydroxylation sites is 1. The van der Waals surface area contributed by atoms with Crippen molar-refractivity contribution in [1.82, 2.24) is 5.32 Å². The Morgan fingerprint density at radius 3 is 2.18 bits per heavy atom. The first kappa shape index (κ1) is 24.6. The second-order valence-electron chi connectivity index (χ2n) is 8.62. The lowest BCUT2D eigenvalue weighted by atomic mass is 9.98. The van der Waals surface area contributed by atoms with Gasteiger partial charge in [0.15, 0.2) is 0 Å². The van der Waals surface area contributed by atoms with Crippen molar-refractivity contribution in [1.29, 1.82) is 0 Å². The summed E-state index contributed by atoms with van der Waals surface area (Å²) in [6.45, 7) is 2.94. The summed E-state index contributed by atoms with van der Waals surface area (Å²) >= 11 is 0. The van der Waals surface area contributed by atoms with Gasteiger partial charge in [0, 0.05) is 5.56 Å². The second-order valence-corrected chi connectivity index (χ2v) is 8.62. The number of rotatable bonds is 14. The topological polar surface area (TPSA) is 38.3 Å². The van der Waals surface area contributed by atoms with E-state index in [1.54, 1.807) is 0 Å². The molecule has 33 heavy (non-hydrogen) atoms. The Morgan fingerprint density at radius 2 is 1.42 bits per heavy atom. The minimum atomic E-state index is -0.0719. The molecule has 0 radical (unpaired) electrons. The Labute approximate surface area is 199 Å². The zero-order valence-electron chi connectivity index (χ0n) is 19.8. The molecule has 3 nitrogen and oxygen atoms in total. The largest absolute Gasteiger partial charge is 0.493 e. The first-order valence-electron chi connectivity index (χ1n) is 12.3. The molecule has 0 aliphatic rings. The Balaban J connectivity index is 1.58. The van der Waals surface area contributed by atoms with Gasteiger partial charge in [-0.2, -0.15) is 0 Å². The molecule has 3 aromatic rings. The number of benzene rings is 3. The molecule has 0 saturated heterocycles. The van der Waals surface area contributed by atoms with E-state index in [1.807, 2.05) is 60.7 Å². The van der Waals surface area contributed by atoms with Gasteiger partial charge in [0.25, 0.3) is 0 Å². The number of unbranched alkanes of at least 4 members (excludes halogenated alkanes) is 5. The minimum absolute atomic E-state index is 0.00963. The maximum atomic E-state index is 13.0. The second kappa shape index (κ2) is 14.2. The molecule has 0 aliphatic heterocycles. The van der Waals surface area contributed by atoms with Crippen molar-refractivity contribution in [2.75, 3.05) is 6.61 Å². The van der Waals surface area contributed by atoms with Crippen LogP contribution in [0.2, 0.25) is 0 Å². The van der Waals surface area contributed by atoms with Crippen LogP contribution in [0.3, 0.4) is 0 Å². The van der Waals surface area contributed by atoms with Gasteiger partial charge in [0.05, 0.1) is 19.1 Å². The first-order chi connectivity index (χ1) is 16.3. The van der Waals surface area contributed by atoms with Crippen LogP contribution in [0, 0.1) is 0 Å². The van der Waals surface area contributed by atoms with E-state index in [4.69, 9.17) is 4.74 Å². The van der Waals surface area contributed by atoms with Crippen LogP contribution in [0.25, 0.3) is 0 Å². The lowest BCUT2D eigenvalue weighted by molar-refractivity contribution is -0.121. The molecule has 3 heteroatoms. The summed E-state index contributed by atoms with van der Waals surface area (Å²) < 4.78 is 6.05. The van der Waals surface area contributed by atoms with Crippen LogP contribution in [0.15, 0.2) is 84.9 Å². The van der Waals surface area contributed by atoms with E-state index in [0.29, 0.717) is 13.0 Å². The van der Waals surface area contributed by atoms with Crippen LogP contribution < -0.4 is 10.1 Å². The van der Waals surface area contributed by atoms with Crippen molar-refractivity contribution in [2.45, 2.75) is 64.3 Å². The van der Waals surface area contributed by atoms with Crippen LogP contribution >= 0.6 is 0 Å². The number of nitrogens with one attached hydrogen (secondary N) is 1. The summed E-state index contributed by atoms with van der Waals surface area (Å²) in [5.74, 6) is 0.830. The summed E-state index contributed by atoms with van der Waals surface area (Å²) in [4.78, 5) is 13.0. The fourth-order valence-electron chi connectivity index (χ4n) is 4.06. The molecule has 174 valence electrons. The highest BCUT2D eigenvalue weighted by Crippen LogP contribution is 2.22. The van der Waals surface area contributed by atoms with E-state index in [0.717, 1.165) is 29.7 Å². The molecule has 1 atom stereocenters. The number of carbonyl (C=O) groups is 1. The van der Waals surface area contributed by atoms with Crippen molar-refractivity contribution >= 4 is 5.91 Å². The van der Waals surface area contributed by atoms with Gasteiger partial charge < -0.3 is 10.1 Å². The molecule has 1 amide bonds. The average Bonchev–Trinajstić information content (AvgIpc) is 2.85. The molecule has 0 heterocycles. The molecule has 3 aromatic carbocycles. The standard InChI is InChI=1S/C30H37NO2/c1-2-3-4-5-6-15-22-33-29-21-14-13-20-27(29)24-30(32)31-28(26-18-11-8-12-19-26)23-25-16-9-7-10-17-25/h7-14,16-21,28H,2-6,15,22-24H2,1H3,(H,31,32). The Morgan fingerprint density at radius 1 is 0.788 bits per heavy atom. The zero-order valence-corrected chi connectivity index (χ0v) is 19.8. The maximum absolute atomic E-state index is 13.0. The predicted molar refractivity (Wildman–Crippen MR) is 136 cm³/mol. The van der Waals surface area contributed by atoms with Gasteiger partial charge in [0.1, 0.15) is 5.75 Å². The third-order valence-corrected chi connectivity index (χ3v) is 5.90. The van der Waals surface area contributed by atoms with Gasteiger partial charge in [-0.3, -0.25) is 4.79 Å². The number of hydrogen-bond acceptors (Lipinski definition) is 2. The van der Waals surface area contributed by atoms with E-state index in [9.17, 15) is 4.79 Å². The van der Waals surface area contributed by atoms with E-state index in [1.165, 1.54) is 37.7 Å². The van der Waals surface area contributed by atoms with Crippen LogP contribution in [-0.4, -0.2) is 12.5 Å². The number of ether oxygens (including phenoxy) is 1. The highest BCUT2D eigenvalue weighted by Gasteiger charge is 2.17. The normalized spacial score (nSPS) is 11.7. The molecule has 0 aromatic heterocycles. The molecule has 0 saturated carbocycles. The molecule has 0 spiro atoms. The van der Waals surface area contributed by atoms with Crippen molar-refractivity contribution in [3.63, 3.8) is 0 Å². The van der Waals surface area contributed by atoms with Gasteiger partial charge >= 0.3 is 0 Å². The van der Waals surface area contributed by atoms with Gasteiger partial charge in [0.2, 0.25) is 5.91 Å². The number of hydrogen-bond donors (Lipinski definition) is 1. The molecule has 1 unspecified atom stereocenters.